The average Bonchev–Trinajstić information content (AvgIpc) is 2.60. The number of nitrogens with two attached hydrogens (primary N) is 2. The minimum atomic E-state index is -0.214. The number of aliphatic imine (C=N–C) groups is 1. The first-order valence-electron chi connectivity index (χ1n) is 7.47. The lowest BCUT2D eigenvalue weighted by molar-refractivity contribution is 0.0956. The predicted octanol–water partition coefficient (Wildman–Crippen LogP) is 1.23. The van der Waals surface area contributed by atoms with E-state index in [4.69, 9.17) is 16.6 Å². The predicted molar refractivity (Wildman–Crippen MR) is 96.4 cm³/mol. The van der Waals surface area contributed by atoms with Crippen molar-refractivity contribution in [2.24, 2.45) is 16.5 Å². The molecule has 1 aromatic carbocycles. The number of benzene rings is 1. The molecule has 0 bridgehead atoms. The summed E-state index contributed by atoms with van der Waals surface area (Å²) in [5.41, 5.74) is 11.1. The number of guanidine groups is 1. The summed E-state index contributed by atoms with van der Waals surface area (Å²) in [6.45, 7) is 6.35. The highest BCUT2D eigenvalue weighted by atomic mass is 16.3. The summed E-state index contributed by atoms with van der Waals surface area (Å²) in [4.78, 5) is 19.7. The Bertz CT molecular complexity index is 697. The van der Waals surface area contributed by atoms with Gasteiger partial charge < -0.3 is 27.0 Å². The summed E-state index contributed by atoms with van der Waals surface area (Å²) >= 11 is 0. The number of fused-ring (bicyclic) bond motifs is 1. The molecule has 0 aliphatic carbocycles. The average molecular weight is 335 g/mol. The van der Waals surface area contributed by atoms with Crippen LogP contribution in [0.5, 0.6) is 5.75 Å². The molecule has 132 valence electrons. The zero-order chi connectivity index (χ0) is 18.7. The Labute approximate surface area is 141 Å². The number of hydrogen-bond donors (Lipinski definition) is 5. The van der Waals surface area contributed by atoms with E-state index in [-0.39, 0.29) is 23.4 Å². The molecule has 0 radical (unpaired) electrons. The third kappa shape index (κ3) is 5.40. The smallest absolute Gasteiger partial charge is 0.251 e. The van der Waals surface area contributed by atoms with Crippen LogP contribution < -0.4 is 16.8 Å². The number of carbonyl (C=O) groups excluding carboxylic acids is 1. The summed E-state index contributed by atoms with van der Waals surface area (Å²) in [6.07, 6.45) is 1.26. The van der Waals surface area contributed by atoms with Crippen LogP contribution in [0.2, 0.25) is 0 Å². The van der Waals surface area contributed by atoms with Crippen LogP contribution >= 0.6 is 0 Å². The van der Waals surface area contributed by atoms with Crippen LogP contribution in [0.4, 0.5) is 5.82 Å². The molecule has 7 N–H and O–H groups in total. The van der Waals surface area contributed by atoms with Crippen LogP contribution in [-0.4, -0.2) is 40.7 Å². The van der Waals surface area contributed by atoms with Crippen molar-refractivity contribution in [3.8, 4) is 5.75 Å². The van der Waals surface area contributed by atoms with Crippen LogP contribution in [0.3, 0.4) is 0 Å². The number of aliphatic hydroxyl groups is 1. The van der Waals surface area contributed by atoms with E-state index in [0.29, 0.717) is 22.9 Å². The molecule has 8 nitrogen and oxygen atoms in total. The van der Waals surface area contributed by atoms with Crippen molar-refractivity contribution in [3.63, 3.8) is 0 Å². The summed E-state index contributed by atoms with van der Waals surface area (Å²) in [7, 11) is 1.00. The number of nitrogens with zero attached hydrogens (tertiary/aromatic N) is 2. The van der Waals surface area contributed by atoms with Crippen LogP contribution in [0.25, 0.3) is 10.8 Å². The zero-order valence-electron chi connectivity index (χ0n) is 14.4. The van der Waals surface area contributed by atoms with E-state index in [0.717, 1.165) is 7.11 Å². The van der Waals surface area contributed by atoms with Gasteiger partial charge in [0.05, 0.1) is 6.20 Å². The standard InChI is InChI=1S/C13H15N5O2.C2H6.CH4O/c1-2-16-12(20)7-3-4-8-9(5-7)11(18-13(14)15)17-6-10(8)19;2*1-2/h3-6,19H,2H2,1H3,(H,16,20)(H4,14,15,17,18);1-2H3;2H,1H3. The lowest BCUT2D eigenvalue weighted by Crippen LogP contribution is -2.22. The molecule has 0 unspecified atom stereocenters. The molecule has 2 rings (SSSR count). The number of rotatable bonds is 3. The molecule has 24 heavy (non-hydrogen) atoms. The SMILES string of the molecule is CC.CCNC(=O)c1ccc2c(O)cnc(N=C(N)N)c2c1.CO. The first-order valence-corrected chi connectivity index (χ1v) is 7.47. The number of hydrogen-bond acceptors (Lipinski definition) is 5. The second kappa shape index (κ2) is 10.8. The number of aliphatic hydroxyl groups excluding tert-OH is 1. The number of amides is 1. The van der Waals surface area contributed by atoms with Gasteiger partial charge in [-0.25, -0.2) is 4.98 Å². The van der Waals surface area contributed by atoms with Crippen LogP contribution in [0, 0.1) is 0 Å². The third-order valence-corrected chi connectivity index (χ3v) is 2.68. The molecule has 0 aliphatic rings. The van der Waals surface area contributed by atoms with E-state index in [1.807, 2.05) is 20.8 Å². The summed E-state index contributed by atoms with van der Waals surface area (Å²) in [6, 6.07) is 4.84. The fraction of sp³-hybridized carbons (Fsp3) is 0.312. The lowest BCUT2D eigenvalue weighted by atomic mass is 10.1. The maximum absolute atomic E-state index is 11.8. The maximum Gasteiger partial charge on any atom is 0.251 e. The largest absolute Gasteiger partial charge is 0.506 e. The Balaban J connectivity index is 0.00000123. The quantitative estimate of drug-likeness (QED) is 0.421. The van der Waals surface area contributed by atoms with Gasteiger partial charge in [0.2, 0.25) is 0 Å². The van der Waals surface area contributed by atoms with Gasteiger partial charge in [0.1, 0.15) is 5.75 Å². The van der Waals surface area contributed by atoms with Crippen molar-refractivity contribution in [2.45, 2.75) is 20.8 Å². The molecule has 0 saturated heterocycles. The van der Waals surface area contributed by atoms with Gasteiger partial charge in [-0.05, 0) is 25.1 Å². The van der Waals surface area contributed by atoms with E-state index in [1.165, 1.54) is 6.20 Å². The molecule has 1 heterocycles. The van der Waals surface area contributed by atoms with Crippen molar-refractivity contribution < 1.29 is 15.0 Å². The fourth-order valence-electron chi connectivity index (χ4n) is 1.83. The van der Waals surface area contributed by atoms with Gasteiger partial charge in [0, 0.05) is 30.0 Å². The molecule has 0 fully saturated rings. The van der Waals surface area contributed by atoms with E-state index in [9.17, 15) is 9.90 Å². The fourth-order valence-corrected chi connectivity index (χ4v) is 1.83. The van der Waals surface area contributed by atoms with Gasteiger partial charge in [0.25, 0.3) is 5.91 Å². The molecule has 1 amide bonds. The van der Waals surface area contributed by atoms with Gasteiger partial charge in [-0.3, -0.25) is 4.79 Å². The molecule has 8 heteroatoms. The highest BCUT2D eigenvalue weighted by Crippen LogP contribution is 2.31. The van der Waals surface area contributed by atoms with Gasteiger partial charge in [0.15, 0.2) is 11.8 Å². The number of aromatic nitrogens is 1. The second-order valence-electron chi connectivity index (χ2n) is 4.12. The first kappa shape index (κ1) is 21.1. The van der Waals surface area contributed by atoms with Crippen molar-refractivity contribution >= 4 is 28.5 Å². The summed E-state index contributed by atoms with van der Waals surface area (Å²) in [5, 5.41) is 20.5. The van der Waals surface area contributed by atoms with Crippen molar-refractivity contribution in [1.82, 2.24) is 10.3 Å². The number of nitrogens with one attached hydrogen (secondary N) is 1. The molecule has 1 aromatic heterocycles. The minimum Gasteiger partial charge on any atom is -0.506 e. The highest BCUT2D eigenvalue weighted by Gasteiger charge is 2.11. The van der Waals surface area contributed by atoms with E-state index in [2.05, 4.69) is 15.3 Å². The van der Waals surface area contributed by atoms with E-state index >= 15 is 0 Å². The summed E-state index contributed by atoms with van der Waals surface area (Å²) in [5.74, 6) is -0.109. The topological polar surface area (TPSA) is 147 Å². The Kier molecular flexibility index (Phi) is 9.50. The van der Waals surface area contributed by atoms with E-state index < -0.39 is 0 Å². The molecule has 0 saturated carbocycles. The Hall–Kier alpha value is -2.87. The van der Waals surface area contributed by atoms with E-state index in [1.54, 1.807) is 18.2 Å². The maximum atomic E-state index is 11.8. The summed E-state index contributed by atoms with van der Waals surface area (Å²) < 4.78 is 0. The second-order valence-corrected chi connectivity index (χ2v) is 4.12. The van der Waals surface area contributed by atoms with Gasteiger partial charge in [-0.1, -0.05) is 13.8 Å². The Morgan fingerprint density at radius 1 is 1.25 bits per heavy atom. The molecule has 0 spiro atoms. The lowest BCUT2D eigenvalue weighted by Gasteiger charge is -2.07. The molecule has 0 aliphatic heterocycles. The molecule has 0 atom stereocenters. The third-order valence-electron chi connectivity index (χ3n) is 2.68. The van der Waals surface area contributed by atoms with Crippen molar-refractivity contribution in [3.05, 3.63) is 30.0 Å². The van der Waals surface area contributed by atoms with Gasteiger partial charge in [-0.15, -0.1) is 0 Å². The van der Waals surface area contributed by atoms with Gasteiger partial charge >= 0.3 is 0 Å². The first-order chi connectivity index (χ1) is 11.5. The van der Waals surface area contributed by atoms with Crippen LogP contribution in [-0.2, 0) is 0 Å². The molecule has 2 aromatic rings. The number of pyridine rings is 1. The highest BCUT2D eigenvalue weighted by molar-refractivity contribution is 6.03. The monoisotopic (exact) mass is 335 g/mol. The zero-order valence-corrected chi connectivity index (χ0v) is 14.4. The number of carbonyl (C=O) groups is 1. The number of aromatic hydroxyl groups is 1. The van der Waals surface area contributed by atoms with Crippen molar-refractivity contribution in [1.29, 1.82) is 0 Å². The van der Waals surface area contributed by atoms with Crippen molar-refractivity contribution in [2.75, 3.05) is 13.7 Å². The van der Waals surface area contributed by atoms with Crippen LogP contribution in [0.1, 0.15) is 31.1 Å². The normalized spacial score (nSPS) is 9.04. The Morgan fingerprint density at radius 3 is 2.42 bits per heavy atom. The molecular formula is C16H25N5O3. The Morgan fingerprint density at radius 2 is 1.88 bits per heavy atom. The van der Waals surface area contributed by atoms with Crippen LogP contribution in [0.15, 0.2) is 29.4 Å². The van der Waals surface area contributed by atoms with Gasteiger partial charge in [-0.2, -0.15) is 4.99 Å². The minimum absolute atomic E-state index is 0.00278. The molecular weight excluding hydrogens is 310 g/mol.